The zero-order chi connectivity index (χ0) is 13.8. The first-order valence-electron chi connectivity index (χ1n) is 7.49. The molecule has 0 radical (unpaired) electrons. The highest BCUT2D eigenvalue weighted by Gasteiger charge is 2.36. The summed E-state index contributed by atoms with van der Waals surface area (Å²) in [6.45, 7) is 2.56. The van der Waals surface area contributed by atoms with Crippen molar-refractivity contribution in [2.45, 2.75) is 31.9 Å². The number of rotatable bonds is 3. The first-order valence-corrected chi connectivity index (χ1v) is 7.49. The monoisotopic (exact) mass is 310 g/mol. The molecule has 1 aromatic rings. The van der Waals surface area contributed by atoms with Crippen LogP contribution in [0.1, 0.15) is 24.8 Å². The van der Waals surface area contributed by atoms with Gasteiger partial charge in [0.15, 0.2) is 0 Å². The molecule has 1 aliphatic heterocycles. The number of ether oxygens (including phenoxy) is 1. The standard InChI is InChI=1S/C16H22N2O2.ClH/c19-16(20-11-12-4-2-1-3-5-12)18-15-8-13-6-7-17-10-14(13)9-15;/h1-5,13-15,17H,6-11H2,(H,18,19);1H/t13-,14-,15?;/m0./s1. The van der Waals surface area contributed by atoms with E-state index >= 15 is 0 Å². The summed E-state index contributed by atoms with van der Waals surface area (Å²) in [4.78, 5) is 11.8. The van der Waals surface area contributed by atoms with Gasteiger partial charge in [0.25, 0.3) is 0 Å². The van der Waals surface area contributed by atoms with E-state index in [1.165, 1.54) is 6.42 Å². The smallest absolute Gasteiger partial charge is 0.407 e. The molecule has 2 aliphatic rings. The minimum Gasteiger partial charge on any atom is -0.445 e. The SMILES string of the molecule is Cl.O=C(NC1C[C@H]2CNCC[C@H]2C1)OCc1ccccc1. The third kappa shape index (κ3) is 4.35. The fourth-order valence-electron chi connectivity index (χ4n) is 3.44. The van der Waals surface area contributed by atoms with E-state index in [0.717, 1.165) is 43.3 Å². The van der Waals surface area contributed by atoms with E-state index < -0.39 is 0 Å². The maximum Gasteiger partial charge on any atom is 0.407 e. The Bertz CT molecular complexity index is 441. The molecule has 0 spiro atoms. The van der Waals surface area contributed by atoms with Crippen LogP contribution in [-0.2, 0) is 11.3 Å². The molecule has 3 rings (SSSR count). The third-order valence-corrected chi connectivity index (χ3v) is 4.47. The van der Waals surface area contributed by atoms with Gasteiger partial charge in [-0.15, -0.1) is 12.4 Å². The highest BCUT2D eigenvalue weighted by molar-refractivity contribution is 5.85. The summed E-state index contributed by atoms with van der Waals surface area (Å²) in [6.07, 6.45) is 3.14. The minimum atomic E-state index is -0.287. The second kappa shape index (κ2) is 7.66. The lowest BCUT2D eigenvalue weighted by molar-refractivity contribution is 0.135. The van der Waals surface area contributed by atoms with Crippen molar-refractivity contribution in [3.05, 3.63) is 35.9 Å². The average molecular weight is 311 g/mol. The predicted molar refractivity (Wildman–Crippen MR) is 84.5 cm³/mol. The van der Waals surface area contributed by atoms with Crippen molar-refractivity contribution in [1.29, 1.82) is 0 Å². The van der Waals surface area contributed by atoms with Crippen LogP contribution in [0.2, 0.25) is 0 Å². The molecule has 5 heteroatoms. The molecule has 21 heavy (non-hydrogen) atoms. The number of hydrogen-bond acceptors (Lipinski definition) is 3. The van der Waals surface area contributed by atoms with Gasteiger partial charge in [-0.25, -0.2) is 4.79 Å². The number of hydrogen-bond donors (Lipinski definition) is 2. The molecule has 2 fully saturated rings. The molecule has 1 saturated heterocycles. The summed E-state index contributed by atoms with van der Waals surface area (Å²) in [6, 6.07) is 10.1. The number of piperidine rings is 1. The molecule has 2 N–H and O–H groups in total. The fraction of sp³-hybridized carbons (Fsp3) is 0.562. The van der Waals surface area contributed by atoms with Gasteiger partial charge in [-0.05, 0) is 49.8 Å². The lowest BCUT2D eigenvalue weighted by atomic mass is 9.90. The van der Waals surface area contributed by atoms with Crippen LogP contribution in [0.5, 0.6) is 0 Å². The predicted octanol–water partition coefficient (Wildman–Crippen LogP) is 2.72. The molecular formula is C16H23ClN2O2. The minimum absolute atomic E-state index is 0. The van der Waals surface area contributed by atoms with Crippen molar-refractivity contribution in [2.75, 3.05) is 13.1 Å². The van der Waals surface area contributed by atoms with Gasteiger partial charge in [0.05, 0.1) is 0 Å². The highest BCUT2D eigenvalue weighted by atomic mass is 35.5. The van der Waals surface area contributed by atoms with Crippen molar-refractivity contribution in [1.82, 2.24) is 10.6 Å². The molecule has 1 heterocycles. The molecule has 1 aromatic carbocycles. The Hall–Kier alpha value is -1.26. The van der Waals surface area contributed by atoms with E-state index in [4.69, 9.17) is 4.74 Å². The summed E-state index contributed by atoms with van der Waals surface area (Å²) in [5, 5.41) is 6.45. The first kappa shape index (κ1) is 16.1. The summed E-state index contributed by atoms with van der Waals surface area (Å²) < 4.78 is 5.28. The van der Waals surface area contributed by atoms with Crippen LogP contribution < -0.4 is 10.6 Å². The Balaban J connectivity index is 0.00000161. The Morgan fingerprint density at radius 1 is 1.24 bits per heavy atom. The van der Waals surface area contributed by atoms with Crippen LogP contribution in [0, 0.1) is 11.8 Å². The normalized spacial score (nSPS) is 27.3. The fourth-order valence-corrected chi connectivity index (χ4v) is 3.44. The maximum atomic E-state index is 11.8. The van der Waals surface area contributed by atoms with Gasteiger partial charge in [-0.3, -0.25) is 0 Å². The molecule has 4 nitrogen and oxygen atoms in total. The van der Waals surface area contributed by atoms with E-state index in [9.17, 15) is 4.79 Å². The number of carbonyl (C=O) groups excluding carboxylic acids is 1. The molecule has 0 aromatic heterocycles. The quantitative estimate of drug-likeness (QED) is 0.902. The van der Waals surface area contributed by atoms with Crippen LogP contribution in [0.3, 0.4) is 0 Å². The highest BCUT2D eigenvalue weighted by Crippen LogP contribution is 2.35. The van der Waals surface area contributed by atoms with E-state index in [2.05, 4.69) is 10.6 Å². The topological polar surface area (TPSA) is 50.4 Å². The van der Waals surface area contributed by atoms with Crippen molar-refractivity contribution < 1.29 is 9.53 Å². The molecule has 3 atom stereocenters. The first-order chi connectivity index (χ1) is 9.81. The summed E-state index contributed by atoms with van der Waals surface area (Å²) >= 11 is 0. The molecule has 1 saturated carbocycles. The average Bonchev–Trinajstić information content (AvgIpc) is 2.88. The van der Waals surface area contributed by atoms with Crippen LogP contribution in [0.25, 0.3) is 0 Å². The lowest BCUT2D eigenvalue weighted by Crippen LogP contribution is -2.34. The Morgan fingerprint density at radius 3 is 2.76 bits per heavy atom. The van der Waals surface area contributed by atoms with Gasteiger partial charge in [0.1, 0.15) is 6.61 Å². The number of nitrogens with one attached hydrogen (secondary N) is 2. The van der Waals surface area contributed by atoms with Crippen LogP contribution in [-0.4, -0.2) is 25.2 Å². The second-order valence-corrected chi connectivity index (χ2v) is 5.89. The van der Waals surface area contributed by atoms with Crippen molar-refractivity contribution in [3.8, 4) is 0 Å². The van der Waals surface area contributed by atoms with E-state index in [1.54, 1.807) is 0 Å². The number of halogens is 1. The van der Waals surface area contributed by atoms with Crippen molar-refractivity contribution in [2.24, 2.45) is 11.8 Å². The van der Waals surface area contributed by atoms with Gasteiger partial charge in [0, 0.05) is 6.04 Å². The number of carbonyl (C=O) groups is 1. The van der Waals surface area contributed by atoms with Crippen LogP contribution in [0.15, 0.2) is 30.3 Å². The molecule has 1 unspecified atom stereocenters. The maximum absolute atomic E-state index is 11.8. The van der Waals surface area contributed by atoms with Gasteiger partial charge in [0.2, 0.25) is 0 Å². The number of benzene rings is 1. The Kier molecular flexibility index (Phi) is 5.88. The van der Waals surface area contributed by atoms with Gasteiger partial charge in [-0.2, -0.15) is 0 Å². The van der Waals surface area contributed by atoms with E-state index in [-0.39, 0.29) is 24.5 Å². The summed E-state index contributed by atoms with van der Waals surface area (Å²) in [5.74, 6) is 1.50. The Labute approximate surface area is 132 Å². The second-order valence-electron chi connectivity index (χ2n) is 5.89. The van der Waals surface area contributed by atoms with Gasteiger partial charge in [-0.1, -0.05) is 30.3 Å². The van der Waals surface area contributed by atoms with Gasteiger partial charge >= 0.3 is 6.09 Å². The summed E-state index contributed by atoms with van der Waals surface area (Å²) in [5.41, 5.74) is 1.02. The lowest BCUT2D eigenvalue weighted by Gasteiger charge is -2.25. The zero-order valence-electron chi connectivity index (χ0n) is 12.1. The van der Waals surface area contributed by atoms with E-state index in [1.807, 2.05) is 30.3 Å². The molecule has 1 aliphatic carbocycles. The largest absolute Gasteiger partial charge is 0.445 e. The molecule has 116 valence electrons. The molecule has 1 amide bonds. The van der Waals surface area contributed by atoms with Crippen molar-refractivity contribution in [3.63, 3.8) is 0 Å². The third-order valence-electron chi connectivity index (χ3n) is 4.47. The number of amides is 1. The van der Waals surface area contributed by atoms with Crippen LogP contribution in [0.4, 0.5) is 4.79 Å². The van der Waals surface area contributed by atoms with Gasteiger partial charge < -0.3 is 15.4 Å². The Morgan fingerprint density at radius 2 is 2.00 bits per heavy atom. The zero-order valence-corrected chi connectivity index (χ0v) is 12.9. The number of fused-ring (bicyclic) bond motifs is 1. The van der Waals surface area contributed by atoms with Crippen LogP contribution >= 0.6 is 12.4 Å². The van der Waals surface area contributed by atoms with Crippen molar-refractivity contribution >= 4 is 18.5 Å². The molecular weight excluding hydrogens is 288 g/mol. The summed E-state index contributed by atoms with van der Waals surface area (Å²) in [7, 11) is 0. The number of alkyl carbamates (subject to hydrolysis) is 1. The molecule has 0 bridgehead atoms. The van der Waals surface area contributed by atoms with E-state index in [0.29, 0.717) is 6.61 Å².